The quantitative estimate of drug-likeness (QED) is 0.821. The Morgan fingerprint density at radius 3 is 2.88 bits per heavy atom. The number of amides is 1. The predicted octanol–water partition coefficient (Wildman–Crippen LogP) is 1.58. The number of carboxylic acids is 1. The summed E-state index contributed by atoms with van der Waals surface area (Å²) in [6, 6.07) is 6.63. The number of carboxylic acid groups (broad SMARTS) is 1. The molecule has 1 amide bonds. The monoisotopic (exact) mass is 219 g/mol. The standard InChI is InChI=1S/C12H13NO3/c1-8-3-2-4-9(7-8)13-10(12(15)16)5-6-11(13)14/h2-4,7,10H,5-6H2,1H3,(H,15,16)/t10-/m0/s1. The second-order valence-electron chi connectivity index (χ2n) is 4.00. The molecule has 1 aliphatic heterocycles. The average Bonchev–Trinajstić information content (AvgIpc) is 2.60. The molecule has 16 heavy (non-hydrogen) atoms. The van der Waals surface area contributed by atoms with E-state index in [1.807, 2.05) is 25.1 Å². The van der Waals surface area contributed by atoms with Crippen molar-refractivity contribution >= 4 is 17.6 Å². The number of benzene rings is 1. The van der Waals surface area contributed by atoms with Gasteiger partial charge in [-0.15, -0.1) is 0 Å². The van der Waals surface area contributed by atoms with Crippen molar-refractivity contribution < 1.29 is 14.7 Å². The first-order chi connectivity index (χ1) is 7.59. The number of aliphatic carboxylic acids is 1. The zero-order valence-electron chi connectivity index (χ0n) is 9.01. The van der Waals surface area contributed by atoms with E-state index in [-0.39, 0.29) is 5.91 Å². The fourth-order valence-corrected chi connectivity index (χ4v) is 2.02. The van der Waals surface area contributed by atoms with Gasteiger partial charge >= 0.3 is 5.97 Å². The number of hydrogen-bond donors (Lipinski definition) is 1. The van der Waals surface area contributed by atoms with Crippen molar-refractivity contribution in [2.45, 2.75) is 25.8 Å². The Morgan fingerprint density at radius 1 is 1.50 bits per heavy atom. The van der Waals surface area contributed by atoms with Gasteiger partial charge in [-0.2, -0.15) is 0 Å². The van der Waals surface area contributed by atoms with Gasteiger partial charge in [-0.05, 0) is 31.0 Å². The van der Waals surface area contributed by atoms with Gasteiger partial charge in [0.15, 0.2) is 0 Å². The molecule has 4 nitrogen and oxygen atoms in total. The molecule has 1 heterocycles. The first-order valence-electron chi connectivity index (χ1n) is 5.21. The molecule has 0 radical (unpaired) electrons. The number of carbonyl (C=O) groups is 2. The van der Waals surface area contributed by atoms with Crippen LogP contribution in [-0.2, 0) is 9.59 Å². The van der Waals surface area contributed by atoms with Crippen LogP contribution in [0.2, 0.25) is 0 Å². The molecule has 0 bridgehead atoms. The zero-order valence-corrected chi connectivity index (χ0v) is 9.01. The molecule has 4 heteroatoms. The summed E-state index contributed by atoms with van der Waals surface area (Å²) >= 11 is 0. The van der Waals surface area contributed by atoms with E-state index in [9.17, 15) is 9.59 Å². The Bertz CT molecular complexity index is 442. The molecule has 1 aromatic rings. The van der Waals surface area contributed by atoms with Crippen LogP contribution in [-0.4, -0.2) is 23.0 Å². The summed E-state index contributed by atoms with van der Waals surface area (Å²) in [5, 5.41) is 9.04. The number of nitrogens with zero attached hydrogens (tertiary/aromatic N) is 1. The minimum absolute atomic E-state index is 0.113. The fraction of sp³-hybridized carbons (Fsp3) is 0.333. The molecule has 0 saturated carbocycles. The van der Waals surface area contributed by atoms with E-state index in [4.69, 9.17) is 5.11 Å². The molecule has 0 unspecified atom stereocenters. The molecule has 1 atom stereocenters. The SMILES string of the molecule is Cc1cccc(N2C(=O)CC[C@H]2C(=O)O)c1. The highest BCUT2D eigenvalue weighted by Crippen LogP contribution is 2.27. The molecule has 0 aromatic heterocycles. The maximum Gasteiger partial charge on any atom is 0.326 e. The van der Waals surface area contributed by atoms with Crippen LogP contribution in [0.1, 0.15) is 18.4 Å². The molecule has 0 spiro atoms. The highest BCUT2D eigenvalue weighted by atomic mass is 16.4. The molecule has 1 fully saturated rings. The minimum Gasteiger partial charge on any atom is -0.480 e. The normalized spacial score (nSPS) is 20.2. The van der Waals surface area contributed by atoms with Crippen LogP contribution in [0.25, 0.3) is 0 Å². The maximum absolute atomic E-state index is 11.7. The van der Waals surface area contributed by atoms with E-state index in [2.05, 4.69) is 0 Å². The highest BCUT2D eigenvalue weighted by molar-refractivity contribution is 6.02. The number of aryl methyl sites for hydroxylation is 1. The smallest absolute Gasteiger partial charge is 0.326 e. The van der Waals surface area contributed by atoms with Crippen LogP contribution >= 0.6 is 0 Å². The van der Waals surface area contributed by atoms with Crippen molar-refractivity contribution in [3.63, 3.8) is 0 Å². The van der Waals surface area contributed by atoms with Crippen LogP contribution in [0.5, 0.6) is 0 Å². The molecule has 1 aromatic carbocycles. The van der Waals surface area contributed by atoms with Crippen molar-refractivity contribution in [3.05, 3.63) is 29.8 Å². The molecular weight excluding hydrogens is 206 g/mol. The lowest BCUT2D eigenvalue weighted by Gasteiger charge is -2.21. The molecule has 2 rings (SSSR count). The van der Waals surface area contributed by atoms with E-state index >= 15 is 0 Å². The van der Waals surface area contributed by atoms with Crippen molar-refractivity contribution in [2.75, 3.05) is 4.90 Å². The van der Waals surface area contributed by atoms with Gasteiger partial charge in [0, 0.05) is 12.1 Å². The van der Waals surface area contributed by atoms with E-state index in [0.29, 0.717) is 18.5 Å². The Labute approximate surface area is 93.5 Å². The second kappa shape index (κ2) is 3.96. The number of carbonyl (C=O) groups excluding carboxylic acids is 1. The van der Waals surface area contributed by atoms with Crippen LogP contribution in [0, 0.1) is 6.92 Å². The average molecular weight is 219 g/mol. The Morgan fingerprint density at radius 2 is 2.25 bits per heavy atom. The van der Waals surface area contributed by atoms with E-state index in [1.54, 1.807) is 6.07 Å². The number of hydrogen-bond acceptors (Lipinski definition) is 2. The van der Waals surface area contributed by atoms with Gasteiger partial charge in [-0.3, -0.25) is 9.69 Å². The minimum atomic E-state index is -0.938. The van der Waals surface area contributed by atoms with Crippen molar-refractivity contribution in [1.29, 1.82) is 0 Å². The van der Waals surface area contributed by atoms with Crippen molar-refractivity contribution in [3.8, 4) is 0 Å². The van der Waals surface area contributed by atoms with Crippen LogP contribution in [0.15, 0.2) is 24.3 Å². The lowest BCUT2D eigenvalue weighted by molar-refractivity contribution is -0.138. The summed E-state index contributed by atoms with van der Waals surface area (Å²) in [7, 11) is 0. The molecule has 1 aliphatic rings. The Kier molecular flexibility index (Phi) is 2.64. The van der Waals surface area contributed by atoms with Crippen LogP contribution in [0.3, 0.4) is 0 Å². The summed E-state index contributed by atoms with van der Waals surface area (Å²) in [6.07, 6.45) is 0.701. The third-order valence-corrected chi connectivity index (χ3v) is 2.78. The van der Waals surface area contributed by atoms with Gasteiger partial charge in [0.25, 0.3) is 0 Å². The van der Waals surface area contributed by atoms with Crippen molar-refractivity contribution in [1.82, 2.24) is 0 Å². The fourth-order valence-electron chi connectivity index (χ4n) is 2.02. The van der Waals surface area contributed by atoms with E-state index in [0.717, 1.165) is 5.56 Å². The van der Waals surface area contributed by atoms with Gasteiger partial charge in [-0.1, -0.05) is 12.1 Å². The van der Waals surface area contributed by atoms with Gasteiger partial charge in [0.05, 0.1) is 0 Å². The van der Waals surface area contributed by atoms with Gasteiger partial charge in [0.2, 0.25) is 5.91 Å². The van der Waals surface area contributed by atoms with Crippen LogP contribution < -0.4 is 4.90 Å². The number of anilines is 1. The summed E-state index contributed by atoms with van der Waals surface area (Å²) in [6.45, 7) is 1.92. The Balaban J connectivity index is 2.37. The summed E-state index contributed by atoms with van der Waals surface area (Å²) in [5.41, 5.74) is 1.69. The second-order valence-corrected chi connectivity index (χ2v) is 4.00. The van der Waals surface area contributed by atoms with E-state index in [1.165, 1.54) is 4.90 Å². The predicted molar refractivity (Wildman–Crippen MR) is 59.3 cm³/mol. The molecule has 84 valence electrons. The lowest BCUT2D eigenvalue weighted by atomic mass is 10.2. The maximum atomic E-state index is 11.7. The first kappa shape index (κ1) is 10.7. The third kappa shape index (κ3) is 1.78. The van der Waals surface area contributed by atoms with Crippen LogP contribution in [0.4, 0.5) is 5.69 Å². The summed E-state index contributed by atoms with van der Waals surface area (Å²) < 4.78 is 0. The molecule has 0 aliphatic carbocycles. The third-order valence-electron chi connectivity index (χ3n) is 2.78. The summed E-state index contributed by atoms with van der Waals surface area (Å²) in [4.78, 5) is 24.1. The highest BCUT2D eigenvalue weighted by Gasteiger charge is 2.36. The van der Waals surface area contributed by atoms with Gasteiger partial charge in [0.1, 0.15) is 6.04 Å². The molecule has 1 N–H and O–H groups in total. The summed E-state index contributed by atoms with van der Waals surface area (Å²) in [5.74, 6) is -1.05. The Hall–Kier alpha value is -1.84. The van der Waals surface area contributed by atoms with Gasteiger partial charge in [-0.25, -0.2) is 4.79 Å². The van der Waals surface area contributed by atoms with Gasteiger partial charge < -0.3 is 5.11 Å². The topological polar surface area (TPSA) is 57.6 Å². The van der Waals surface area contributed by atoms with E-state index < -0.39 is 12.0 Å². The lowest BCUT2D eigenvalue weighted by Crippen LogP contribution is -2.38. The molecular formula is C12H13NO3. The van der Waals surface area contributed by atoms with Crippen molar-refractivity contribution in [2.24, 2.45) is 0 Å². The zero-order chi connectivity index (χ0) is 11.7. The number of rotatable bonds is 2. The first-order valence-corrected chi connectivity index (χ1v) is 5.21. The largest absolute Gasteiger partial charge is 0.480 e. The molecule has 1 saturated heterocycles.